The molecule has 0 saturated heterocycles. The number of nitrogens with zero attached hydrogens (tertiary/aromatic N) is 4. The number of anilines is 2. The van der Waals surface area contributed by atoms with E-state index in [2.05, 4.69) is 19.9 Å². The molecule has 2 rings (SSSR count). The van der Waals surface area contributed by atoms with E-state index in [1.54, 1.807) is 6.92 Å². The van der Waals surface area contributed by atoms with Crippen molar-refractivity contribution in [2.75, 3.05) is 23.8 Å². The maximum Gasteiger partial charge on any atom is 0.316 e. The summed E-state index contributed by atoms with van der Waals surface area (Å²) in [6, 6.07) is 0. The third kappa shape index (κ3) is 3.19. The normalized spacial score (nSPS) is 10.6. The van der Waals surface area contributed by atoms with Crippen LogP contribution in [0.25, 0.3) is 11.2 Å². The molecule has 0 aromatic carbocycles. The number of fused-ring (bicyclic) bond motifs is 1. The highest BCUT2D eigenvalue weighted by molar-refractivity contribution is 7.99. The van der Waals surface area contributed by atoms with Crippen molar-refractivity contribution in [2.24, 2.45) is 0 Å². The summed E-state index contributed by atoms with van der Waals surface area (Å²) in [6.07, 6.45) is 1.50. The van der Waals surface area contributed by atoms with Gasteiger partial charge in [0.15, 0.2) is 17.0 Å². The number of aromatic nitrogens is 4. The standard InChI is InChI=1S/C10H12N6O2S/c1-2-18-6(17)4-19-5-3-13-9-7(14-5)8(11)15-10(12)16-9/h3H,2,4H2,1H3,(H4,11,12,13,15,16). The second-order valence-electron chi connectivity index (χ2n) is 3.44. The van der Waals surface area contributed by atoms with Crippen LogP contribution in [0.2, 0.25) is 0 Å². The lowest BCUT2D eigenvalue weighted by Crippen LogP contribution is -2.07. The van der Waals surface area contributed by atoms with Gasteiger partial charge in [-0.2, -0.15) is 9.97 Å². The molecule has 0 atom stereocenters. The molecule has 19 heavy (non-hydrogen) atoms. The number of ether oxygens (including phenoxy) is 1. The minimum atomic E-state index is -0.309. The van der Waals surface area contributed by atoms with Crippen LogP contribution in [0.4, 0.5) is 11.8 Å². The monoisotopic (exact) mass is 280 g/mol. The Balaban J connectivity index is 2.20. The van der Waals surface area contributed by atoms with Crippen molar-refractivity contribution in [3.63, 3.8) is 0 Å². The third-order valence-corrected chi connectivity index (χ3v) is 2.94. The summed E-state index contributed by atoms with van der Waals surface area (Å²) in [5.74, 6) is 0.0553. The van der Waals surface area contributed by atoms with Crippen LogP contribution in [0.3, 0.4) is 0 Å². The van der Waals surface area contributed by atoms with E-state index in [0.717, 1.165) is 0 Å². The molecular formula is C10H12N6O2S. The molecule has 0 saturated carbocycles. The van der Waals surface area contributed by atoms with Crippen LogP contribution in [0, 0.1) is 0 Å². The molecule has 0 radical (unpaired) electrons. The highest BCUT2D eigenvalue weighted by Crippen LogP contribution is 2.20. The molecule has 2 aromatic rings. The second kappa shape index (κ2) is 5.65. The molecule has 9 heteroatoms. The first-order chi connectivity index (χ1) is 9.10. The Kier molecular flexibility index (Phi) is 3.95. The lowest BCUT2D eigenvalue weighted by Gasteiger charge is -2.04. The molecule has 0 amide bonds. The minimum absolute atomic E-state index is 0.0474. The molecule has 8 nitrogen and oxygen atoms in total. The molecule has 0 aliphatic carbocycles. The molecule has 100 valence electrons. The zero-order chi connectivity index (χ0) is 13.8. The summed E-state index contributed by atoms with van der Waals surface area (Å²) in [4.78, 5) is 27.3. The van der Waals surface area contributed by atoms with Crippen LogP contribution >= 0.6 is 11.8 Å². The molecule has 0 unspecified atom stereocenters. The van der Waals surface area contributed by atoms with Gasteiger partial charge in [0.25, 0.3) is 0 Å². The van der Waals surface area contributed by atoms with Gasteiger partial charge in [0, 0.05) is 0 Å². The van der Waals surface area contributed by atoms with Crippen LogP contribution in [-0.2, 0) is 9.53 Å². The quantitative estimate of drug-likeness (QED) is 0.597. The number of carbonyl (C=O) groups is 1. The maximum absolute atomic E-state index is 11.2. The third-order valence-electron chi connectivity index (χ3n) is 2.07. The van der Waals surface area contributed by atoms with E-state index in [9.17, 15) is 4.79 Å². The predicted molar refractivity (Wildman–Crippen MR) is 71.3 cm³/mol. The lowest BCUT2D eigenvalue weighted by atomic mass is 10.5. The average molecular weight is 280 g/mol. The van der Waals surface area contributed by atoms with E-state index in [-0.39, 0.29) is 23.5 Å². The number of nitrogen functional groups attached to an aromatic ring is 2. The summed E-state index contributed by atoms with van der Waals surface area (Å²) in [6.45, 7) is 2.10. The Bertz CT molecular complexity index is 620. The number of esters is 1. The molecule has 0 aliphatic heterocycles. The number of nitrogens with two attached hydrogens (primary N) is 2. The Hall–Kier alpha value is -2.16. The van der Waals surface area contributed by atoms with Crippen molar-refractivity contribution in [3.05, 3.63) is 6.20 Å². The van der Waals surface area contributed by atoms with Crippen molar-refractivity contribution in [1.82, 2.24) is 19.9 Å². The zero-order valence-corrected chi connectivity index (χ0v) is 11.0. The topological polar surface area (TPSA) is 130 Å². The molecular weight excluding hydrogens is 268 g/mol. The highest BCUT2D eigenvalue weighted by Gasteiger charge is 2.09. The Morgan fingerprint density at radius 3 is 2.89 bits per heavy atom. The van der Waals surface area contributed by atoms with Crippen molar-refractivity contribution in [1.29, 1.82) is 0 Å². The van der Waals surface area contributed by atoms with Crippen LogP contribution in [0.1, 0.15) is 6.92 Å². The summed E-state index contributed by atoms with van der Waals surface area (Å²) in [5, 5.41) is 0.542. The molecule has 2 aromatic heterocycles. The van der Waals surface area contributed by atoms with E-state index >= 15 is 0 Å². The molecule has 2 heterocycles. The van der Waals surface area contributed by atoms with Gasteiger partial charge in [0.1, 0.15) is 5.03 Å². The van der Waals surface area contributed by atoms with Crippen LogP contribution < -0.4 is 11.5 Å². The Labute approximate surface area is 113 Å². The van der Waals surface area contributed by atoms with E-state index < -0.39 is 0 Å². The molecule has 0 fully saturated rings. The lowest BCUT2D eigenvalue weighted by molar-refractivity contribution is -0.139. The number of rotatable bonds is 4. The summed E-state index contributed by atoms with van der Waals surface area (Å²) in [7, 11) is 0. The van der Waals surface area contributed by atoms with Gasteiger partial charge in [0.05, 0.1) is 18.6 Å². The van der Waals surface area contributed by atoms with E-state index in [4.69, 9.17) is 16.2 Å². The fourth-order valence-electron chi connectivity index (χ4n) is 1.34. The molecule has 0 bridgehead atoms. The summed E-state index contributed by atoms with van der Waals surface area (Å²) >= 11 is 1.21. The van der Waals surface area contributed by atoms with E-state index in [1.165, 1.54) is 18.0 Å². The van der Waals surface area contributed by atoms with Gasteiger partial charge in [-0.15, -0.1) is 0 Å². The van der Waals surface area contributed by atoms with Crippen LogP contribution in [-0.4, -0.2) is 38.3 Å². The summed E-state index contributed by atoms with van der Waals surface area (Å²) < 4.78 is 4.82. The largest absolute Gasteiger partial charge is 0.465 e. The van der Waals surface area contributed by atoms with Gasteiger partial charge in [-0.3, -0.25) is 4.79 Å². The van der Waals surface area contributed by atoms with Crippen LogP contribution in [0.5, 0.6) is 0 Å². The van der Waals surface area contributed by atoms with Gasteiger partial charge >= 0.3 is 5.97 Å². The van der Waals surface area contributed by atoms with Crippen molar-refractivity contribution in [2.45, 2.75) is 11.9 Å². The SMILES string of the molecule is CCOC(=O)CSc1cnc2nc(N)nc(N)c2n1. The van der Waals surface area contributed by atoms with Gasteiger partial charge in [-0.25, -0.2) is 9.97 Å². The second-order valence-corrected chi connectivity index (χ2v) is 4.44. The minimum Gasteiger partial charge on any atom is -0.465 e. The Morgan fingerprint density at radius 1 is 1.37 bits per heavy atom. The van der Waals surface area contributed by atoms with E-state index in [1.807, 2.05) is 0 Å². The maximum atomic E-state index is 11.2. The van der Waals surface area contributed by atoms with Gasteiger partial charge in [-0.05, 0) is 6.92 Å². The van der Waals surface area contributed by atoms with Crippen molar-refractivity contribution < 1.29 is 9.53 Å². The fourth-order valence-corrected chi connectivity index (χ4v) is 1.97. The predicted octanol–water partition coefficient (Wildman–Crippen LogP) is 0.239. The van der Waals surface area contributed by atoms with Gasteiger partial charge in [0.2, 0.25) is 5.95 Å². The highest BCUT2D eigenvalue weighted by atomic mass is 32.2. The van der Waals surface area contributed by atoms with Gasteiger partial charge in [-0.1, -0.05) is 11.8 Å². The van der Waals surface area contributed by atoms with Crippen LogP contribution in [0.15, 0.2) is 11.2 Å². The average Bonchev–Trinajstić information content (AvgIpc) is 2.37. The summed E-state index contributed by atoms with van der Waals surface area (Å²) in [5.41, 5.74) is 11.8. The van der Waals surface area contributed by atoms with Gasteiger partial charge < -0.3 is 16.2 Å². The fraction of sp³-hybridized carbons (Fsp3) is 0.300. The Morgan fingerprint density at radius 2 is 2.16 bits per heavy atom. The van der Waals surface area contributed by atoms with Crippen molar-refractivity contribution >= 4 is 40.7 Å². The number of carbonyl (C=O) groups excluding carboxylic acids is 1. The first kappa shape index (κ1) is 13.3. The number of thioether (sulfide) groups is 1. The first-order valence-electron chi connectivity index (χ1n) is 5.44. The smallest absolute Gasteiger partial charge is 0.316 e. The number of hydrogen-bond donors (Lipinski definition) is 2. The first-order valence-corrected chi connectivity index (χ1v) is 6.43. The van der Waals surface area contributed by atoms with Crippen molar-refractivity contribution in [3.8, 4) is 0 Å². The molecule has 4 N–H and O–H groups in total. The zero-order valence-electron chi connectivity index (χ0n) is 10.2. The molecule has 0 aliphatic rings. The van der Waals surface area contributed by atoms with E-state index in [0.29, 0.717) is 22.8 Å². The number of hydrogen-bond acceptors (Lipinski definition) is 9. The molecule has 0 spiro atoms.